The van der Waals surface area contributed by atoms with Crippen molar-refractivity contribution in [2.45, 2.75) is 20.1 Å². The molecule has 19 heavy (non-hydrogen) atoms. The quantitative estimate of drug-likeness (QED) is 0.892. The Kier molecular flexibility index (Phi) is 4.83. The van der Waals surface area contributed by atoms with Gasteiger partial charge in [-0.2, -0.15) is 0 Å². The molecule has 0 atom stereocenters. The number of benzene rings is 2. The lowest BCUT2D eigenvalue weighted by Crippen LogP contribution is -2.08. The summed E-state index contributed by atoms with van der Waals surface area (Å²) in [6.45, 7) is 3.34. The lowest BCUT2D eigenvalue weighted by molar-refractivity contribution is 0.302. The van der Waals surface area contributed by atoms with E-state index in [0.29, 0.717) is 11.6 Å². The maximum Gasteiger partial charge on any atom is 0.142 e. The number of hydrogen-bond donors (Lipinski definition) is 1. The third-order valence-electron chi connectivity index (χ3n) is 2.92. The van der Waals surface area contributed by atoms with E-state index in [4.69, 9.17) is 16.3 Å². The minimum atomic E-state index is 0.528. The summed E-state index contributed by atoms with van der Waals surface area (Å²) in [6, 6.07) is 14.1. The van der Waals surface area contributed by atoms with Crippen LogP contribution < -0.4 is 10.1 Å². The molecule has 2 aromatic rings. The van der Waals surface area contributed by atoms with E-state index >= 15 is 0 Å². The zero-order valence-corrected chi connectivity index (χ0v) is 12.0. The molecular formula is C16H18ClNO. The maximum absolute atomic E-state index is 6.20. The summed E-state index contributed by atoms with van der Waals surface area (Å²) in [5.41, 5.74) is 3.46. The van der Waals surface area contributed by atoms with E-state index in [2.05, 4.69) is 36.5 Å². The SMILES string of the molecule is CNCc1cccc(Cl)c1OCc1ccc(C)cc1. The highest BCUT2D eigenvalue weighted by Crippen LogP contribution is 2.29. The molecule has 0 radical (unpaired) electrons. The lowest BCUT2D eigenvalue weighted by Gasteiger charge is -2.13. The second-order valence-corrected chi connectivity index (χ2v) is 4.94. The van der Waals surface area contributed by atoms with Gasteiger partial charge < -0.3 is 10.1 Å². The Bertz CT molecular complexity index is 537. The highest BCUT2D eigenvalue weighted by atomic mass is 35.5. The van der Waals surface area contributed by atoms with Gasteiger partial charge in [0.1, 0.15) is 12.4 Å². The van der Waals surface area contributed by atoms with Gasteiger partial charge in [-0.1, -0.05) is 53.6 Å². The Labute approximate surface area is 119 Å². The summed E-state index contributed by atoms with van der Waals surface area (Å²) in [6.07, 6.45) is 0. The van der Waals surface area contributed by atoms with E-state index in [1.807, 2.05) is 25.2 Å². The average Bonchev–Trinajstić information content (AvgIpc) is 2.40. The van der Waals surface area contributed by atoms with Crippen molar-refractivity contribution in [2.24, 2.45) is 0 Å². The molecule has 100 valence electrons. The first-order valence-electron chi connectivity index (χ1n) is 6.31. The van der Waals surface area contributed by atoms with Crippen molar-refractivity contribution < 1.29 is 4.74 Å². The Morgan fingerprint density at radius 1 is 1.11 bits per heavy atom. The van der Waals surface area contributed by atoms with E-state index in [-0.39, 0.29) is 0 Å². The van der Waals surface area contributed by atoms with Gasteiger partial charge in [0.2, 0.25) is 0 Å². The summed E-state index contributed by atoms with van der Waals surface area (Å²) >= 11 is 6.20. The standard InChI is InChI=1S/C16H18ClNO/c1-12-6-8-13(9-7-12)11-19-16-14(10-18-2)4-3-5-15(16)17/h3-9,18H,10-11H2,1-2H3. The third-order valence-corrected chi connectivity index (χ3v) is 3.22. The van der Waals surface area contributed by atoms with Gasteiger partial charge in [-0.05, 0) is 25.6 Å². The van der Waals surface area contributed by atoms with E-state index in [1.165, 1.54) is 5.56 Å². The Morgan fingerprint density at radius 2 is 1.84 bits per heavy atom. The summed E-state index contributed by atoms with van der Waals surface area (Å²) in [5, 5.41) is 3.77. The van der Waals surface area contributed by atoms with E-state index < -0.39 is 0 Å². The van der Waals surface area contributed by atoms with Crippen molar-refractivity contribution in [3.63, 3.8) is 0 Å². The van der Waals surface area contributed by atoms with Gasteiger partial charge in [0, 0.05) is 12.1 Å². The topological polar surface area (TPSA) is 21.3 Å². The highest BCUT2D eigenvalue weighted by Gasteiger charge is 2.08. The predicted molar refractivity (Wildman–Crippen MR) is 79.7 cm³/mol. The van der Waals surface area contributed by atoms with Gasteiger partial charge >= 0.3 is 0 Å². The van der Waals surface area contributed by atoms with E-state index in [9.17, 15) is 0 Å². The molecule has 0 fully saturated rings. The predicted octanol–water partition coefficient (Wildman–Crippen LogP) is 3.95. The normalized spacial score (nSPS) is 10.5. The van der Waals surface area contributed by atoms with Crippen molar-refractivity contribution >= 4 is 11.6 Å². The second-order valence-electron chi connectivity index (χ2n) is 4.53. The first kappa shape index (κ1) is 13.9. The lowest BCUT2D eigenvalue weighted by atomic mass is 10.1. The smallest absolute Gasteiger partial charge is 0.142 e. The molecule has 2 aromatic carbocycles. The van der Waals surface area contributed by atoms with Crippen LogP contribution in [-0.4, -0.2) is 7.05 Å². The van der Waals surface area contributed by atoms with Crippen molar-refractivity contribution in [1.29, 1.82) is 0 Å². The van der Waals surface area contributed by atoms with Crippen molar-refractivity contribution in [1.82, 2.24) is 5.32 Å². The molecule has 0 spiro atoms. The number of ether oxygens (including phenoxy) is 1. The van der Waals surface area contributed by atoms with Crippen molar-refractivity contribution in [2.75, 3.05) is 7.05 Å². The van der Waals surface area contributed by atoms with Gasteiger partial charge in [-0.3, -0.25) is 0 Å². The number of aryl methyl sites for hydroxylation is 1. The molecule has 0 aliphatic heterocycles. The van der Waals surface area contributed by atoms with Crippen molar-refractivity contribution in [3.05, 3.63) is 64.2 Å². The fourth-order valence-corrected chi connectivity index (χ4v) is 2.13. The maximum atomic E-state index is 6.20. The second kappa shape index (κ2) is 6.60. The molecule has 0 aliphatic rings. The monoisotopic (exact) mass is 275 g/mol. The Morgan fingerprint density at radius 3 is 2.53 bits per heavy atom. The number of halogens is 1. The molecule has 0 saturated heterocycles. The Balaban J connectivity index is 2.12. The van der Waals surface area contributed by atoms with Crippen LogP contribution in [0.1, 0.15) is 16.7 Å². The molecule has 2 rings (SSSR count). The summed E-state index contributed by atoms with van der Waals surface area (Å²) in [7, 11) is 1.91. The van der Waals surface area contributed by atoms with Crippen LogP contribution in [0.5, 0.6) is 5.75 Å². The zero-order chi connectivity index (χ0) is 13.7. The number of para-hydroxylation sites is 1. The molecule has 0 unspecified atom stereocenters. The van der Waals surface area contributed by atoms with Crippen LogP contribution in [-0.2, 0) is 13.2 Å². The molecule has 1 N–H and O–H groups in total. The highest BCUT2D eigenvalue weighted by molar-refractivity contribution is 6.32. The van der Waals surface area contributed by atoms with Crippen LogP contribution in [0.15, 0.2) is 42.5 Å². The summed E-state index contributed by atoms with van der Waals surface area (Å²) < 4.78 is 5.87. The number of nitrogens with one attached hydrogen (secondary N) is 1. The average molecular weight is 276 g/mol. The van der Waals surface area contributed by atoms with Crippen LogP contribution in [0, 0.1) is 6.92 Å². The third kappa shape index (κ3) is 3.72. The zero-order valence-electron chi connectivity index (χ0n) is 11.2. The van der Waals surface area contributed by atoms with Crippen LogP contribution in [0.2, 0.25) is 5.02 Å². The number of rotatable bonds is 5. The van der Waals surface area contributed by atoms with Crippen LogP contribution >= 0.6 is 11.6 Å². The molecule has 0 saturated carbocycles. The minimum absolute atomic E-state index is 0.528. The molecular weight excluding hydrogens is 258 g/mol. The van der Waals surface area contributed by atoms with E-state index in [0.717, 1.165) is 23.4 Å². The molecule has 0 heterocycles. The Hall–Kier alpha value is -1.51. The van der Waals surface area contributed by atoms with Crippen LogP contribution in [0.3, 0.4) is 0 Å². The first-order chi connectivity index (χ1) is 9.20. The molecule has 0 amide bonds. The first-order valence-corrected chi connectivity index (χ1v) is 6.69. The largest absolute Gasteiger partial charge is 0.487 e. The van der Waals surface area contributed by atoms with Gasteiger partial charge in [-0.25, -0.2) is 0 Å². The summed E-state index contributed by atoms with van der Waals surface area (Å²) in [5.74, 6) is 0.763. The molecule has 0 aromatic heterocycles. The fraction of sp³-hybridized carbons (Fsp3) is 0.250. The molecule has 2 nitrogen and oxygen atoms in total. The number of hydrogen-bond acceptors (Lipinski definition) is 2. The van der Waals surface area contributed by atoms with Crippen LogP contribution in [0.4, 0.5) is 0 Å². The molecule has 0 bridgehead atoms. The summed E-state index contributed by atoms with van der Waals surface area (Å²) in [4.78, 5) is 0. The molecule has 0 aliphatic carbocycles. The fourth-order valence-electron chi connectivity index (χ4n) is 1.88. The van der Waals surface area contributed by atoms with Crippen molar-refractivity contribution in [3.8, 4) is 5.75 Å². The van der Waals surface area contributed by atoms with Gasteiger partial charge in [-0.15, -0.1) is 0 Å². The van der Waals surface area contributed by atoms with Crippen LogP contribution in [0.25, 0.3) is 0 Å². The minimum Gasteiger partial charge on any atom is -0.487 e. The van der Waals surface area contributed by atoms with Gasteiger partial charge in [0.25, 0.3) is 0 Å². The van der Waals surface area contributed by atoms with Gasteiger partial charge in [0.15, 0.2) is 0 Å². The van der Waals surface area contributed by atoms with E-state index in [1.54, 1.807) is 0 Å². The molecule has 3 heteroatoms. The van der Waals surface area contributed by atoms with Gasteiger partial charge in [0.05, 0.1) is 5.02 Å².